The summed E-state index contributed by atoms with van der Waals surface area (Å²) < 4.78 is 13.8. The lowest BCUT2D eigenvalue weighted by atomic mass is 9.42. The van der Waals surface area contributed by atoms with E-state index in [1.54, 1.807) is 27.9 Å². The van der Waals surface area contributed by atoms with Crippen molar-refractivity contribution in [3.63, 3.8) is 0 Å². The number of ether oxygens (including phenoxy) is 2. The molecule has 6 heterocycles. The molecule has 1 aromatic heterocycles. The number of hydrogen-bond donors (Lipinski definition) is 7. The second kappa shape index (κ2) is 24.5. The van der Waals surface area contributed by atoms with Gasteiger partial charge in [0.05, 0.1) is 47.1 Å². The molecule has 86 heavy (non-hydrogen) atoms. The topological polar surface area (TPSA) is 215 Å². The first-order valence-electron chi connectivity index (χ1n) is 33.2. The predicted molar refractivity (Wildman–Crippen MR) is 329 cm³/mol. The highest BCUT2D eigenvalue weighted by atomic mass is 33.1. The number of aliphatic hydroxyl groups excluding tert-OH is 3. The summed E-state index contributed by atoms with van der Waals surface area (Å²) in [6.07, 6.45) is 32.8. The molecule has 5 aliphatic heterocycles. The number of amides is 2. The number of imidazole rings is 1. The summed E-state index contributed by atoms with van der Waals surface area (Å²) in [5.74, 6) is 8.66. The molecule has 0 unspecified atom stereocenters. The molecular formula is C69H88N6O9S2. The zero-order valence-corrected chi connectivity index (χ0v) is 51.6. The third kappa shape index (κ3) is 10.4. The molecule has 4 saturated carbocycles. The Hall–Kier alpha value is -4.83. The van der Waals surface area contributed by atoms with E-state index in [0.29, 0.717) is 67.8 Å². The van der Waals surface area contributed by atoms with Gasteiger partial charge in [-0.2, -0.15) is 0 Å². The Kier molecular flexibility index (Phi) is 16.8. The van der Waals surface area contributed by atoms with Crippen molar-refractivity contribution in [2.45, 2.75) is 160 Å². The lowest BCUT2D eigenvalue weighted by molar-refractivity contribution is -0.138. The number of fused-ring (bicyclic) bond motifs is 4. The fourth-order valence-electron chi connectivity index (χ4n) is 20.2. The minimum Gasteiger partial charge on any atom is -0.427 e. The molecule has 1 saturated heterocycles. The molecule has 1 aromatic rings. The summed E-state index contributed by atoms with van der Waals surface area (Å²) in [7, 11) is 3.54. The van der Waals surface area contributed by atoms with E-state index in [9.17, 15) is 24.9 Å². The van der Waals surface area contributed by atoms with Crippen LogP contribution in [0.25, 0.3) is 0 Å². The van der Waals surface area contributed by atoms with Gasteiger partial charge < -0.3 is 45.7 Å². The van der Waals surface area contributed by atoms with Gasteiger partial charge in [0.1, 0.15) is 11.5 Å². The van der Waals surface area contributed by atoms with E-state index < -0.39 is 23.4 Å². The molecule has 7 N–H and O–H groups in total. The number of carbonyl (C=O) groups is 4. The molecule has 0 aromatic carbocycles. The minimum absolute atomic E-state index is 0.0171. The van der Waals surface area contributed by atoms with Crippen LogP contribution in [-0.4, -0.2) is 104 Å². The Bertz CT molecular complexity index is 3130. The van der Waals surface area contributed by atoms with Crippen LogP contribution in [-0.2, 0) is 35.1 Å². The van der Waals surface area contributed by atoms with Gasteiger partial charge in [-0.1, -0.05) is 72.6 Å². The maximum atomic E-state index is 15.8. The lowest BCUT2D eigenvalue weighted by Crippen LogP contribution is -2.55. The third-order valence-corrected chi connectivity index (χ3v) is 26.5. The number of carbonyl (C=O) groups excluding carboxylic acids is 4. The normalized spacial score (nSPS) is 38.4. The number of dihydropyridines is 1. The molecule has 2 amide bonds. The van der Waals surface area contributed by atoms with E-state index in [1.165, 1.54) is 35.5 Å². The number of esters is 2. The first-order chi connectivity index (χ1) is 42.0. The van der Waals surface area contributed by atoms with Gasteiger partial charge in [0, 0.05) is 85.6 Å². The van der Waals surface area contributed by atoms with Crippen LogP contribution in [0.3, 0.4) is 0 Å². The Morgan fingerprint density at radius 3 is 2.53 bits per heavy atom. The number of hydrogen-bond acceptors (Lipinski definition) is 15. The number of imide groups is 1. The predicted octanol–water partition coefficient (Wildman–Crippen LogP) is 9.60. The highest BCUT2D eigenvalue weighted by Crippen LogP contribution is 2.73. The average Bonchev–Trinajstić information content (AvgIpc) is 1.38. The van der Waals surface area contributed by atoms with Crippen molar-refractivity contribution in [2.24, 2.45) is 87.8 Å². The van der Waals surface area contributed by atoms with Crippen molar-refractivity contribution in [3.05, 3.63) is 99.4 Å². The number of H-pyrrole nitrogens is 1. The number of aliphatic hydroxyl groups is 3. The number of nitrogens with one attached hydrogen (secondary N) is 4. The van der Waals surface area contributed by atoms with Crippen molar-refractivity contribution in [3.8, 4) is 11.8 Å². The van der Waals surface area contributed by atoms with E-state index >= 15 is 9.59 Å². The number of aromatic nitrogens is 2. The molecule has 460 valence electrons. The summed E-state index contributed by atoms with van der Waals surface area (Å²) in [5, 5.41) is 44.9. The largest absolute Gasteiger partial charge is 0.427 e. The highest BCUT2D eigenvalue weighted by molar-refractivity contribution is 8.76. The molecule has 14 aliphatic rings. The second-order valence-corrected chi connectivity index (χ2v) is 30.6. The summed E-state index contributed by atoms with van der Waals surface area (Å²) in [6.45, 7) is 3.33. The van der Waals surface area contributed by atoms with Crippen LogP contribution in [0, 0.1) is 99.6 Å². The Morgan fingerprint density at radius 2 is 1.73 bits per heavy atom. The van der Waals surface area contributed by atoms with Crippen LogP contribution in [0.15, 0.2) is 93.7 Å². The number of nitrogens with zero attached hydrogens (tertiary/aromatic N) is 2. The SMILES string of the molecule is CCC1(C2=C3OC(=O)C4=C3[C@@H](CC2)C[C@H]2[C@@H]3CC[C@@]5(C6=C3[C@H](CN3C(=O)C=CC3=O)C3=CCNC(=C3)NCSS[C@H](NC[C@H](O)[C@@H]3CCCC[C@H]3Cc3cnc[nH]3)[C@@H]([C@H]3CC[C@H]7C[C@@H](CO)C[C@H](CO)C#CC[C@H]3C7)C/C=C/5OC6=O)[C@@H]42)CCCC1. The van der Waals surface area contributed by atoms with Gasteiger partial charge in [-0.3, -0.25) is 14.5 Å². The van der Waals surface area contributed by atoms with Crippen LogP contribution in [0.5, 0.6) is 0 Å². The van der Waals surface area contributed by atoms with Crippen molar-refractivity contribution >= 4 is 45.3 Å². The van der Waals surface area contributed by atoms with Crippen molar-refractivity contribution in [1.29, 1.82) is 0 Å². The maximum Gasteiger partial charge on any atom is 0.340 e. The van der Waals surface area contributed by atoms with Gasteiger partial charge in [0.2, 0.25) is 0 Å². The van der Waals surface area contributed by atoms with Crippen molar-refractivity contribution in [1.82, 2.24) is 30.8 Å². The molecular weight excluding hydrogens is 1120 g/mol. The Balaban J connectivity index is 0.917. The summed E-state index contributed by atoms with van der Waals surface area (Å²) in [6, 6.07) is 0. The number of rotatable bonds is 13. The molecule has 15 nitrogen and oxygen atoms in total. The number of aromatic amines is 1. The summed E-state index contributed by atoms with van der Waals surface area (Å²) >= 11 is 0. The first-order valence-corrected chi connectivity index (χ1v) is 35.5. The fraction of sp³-hybridized carbons (Fsp3) is 0.667. The van der Waals surface area contributed by atoms with E-state index in [2.05, 4.69) is 62.9 Å². The average molecular weight is 1210 g/mol. The van der Waals surface area contributed by atoms with Gasteiger partial charge in [-0.25, -0.2) is 14.6 Å². The van der Waals surface area contributed by atoms with Crippen LogP contribution < -0.4 is 16.0 Å². The smallest absolute Gasteiger partial charge is 0.340 e. The van der Waals surface area contributed by atoms with Crippen molar-refractivity contribution in [2.75, 3.05) is 38.7 Å². The fourth-order valence-corrected chi connectivity index (χ4v) is 22.7. The third-order valence-electron chi connectivity index (χ3n) is 24.0. The zero-order chi connectivity index (χ0) is 58.8. The summed E-state index contributed by atoms with van der Waals surface area (Å²) in [5.41, 5.74) is 5.78. The highest BCUT2D eigenvalue weighted by Gasteiger charge is 2.70. The Morgan fingerprint density at radius 1 is 0.884 bits per heavy atom. The molecule has 16 atom stereocenters. The van der Waals surface area contributed by atoms with Crippen molar-refractivity contribution < 1.29 is 44.0 Å². The monoisotopic (exact) mass is 1210 g/mol. The van der Waals surface area contributed by atoms with E-state index in [0.717, 1.165) is 142 Å². The van der Waals surface area contributed by atoms with Gasteiger partial charge in [-0.15, -0.1) is 5.92 Å². The van der Waals surface area contributed by atoms with E-state index in [4.69, 9.17) is 9.47 Å². The minimum atomic E-state index is -1.01. The van der Waals surface area contributed by atoms with E-state index in [1.807, 2.05) is 6.20 Å². The van der Waals surface area contributed by atoms with Crippen LogP contribution >= 0.6 is 21.6 Å². The molecule has 5 fully saturated rings. The number of allylic oxidation sites excluding steroid dienone is 5. The van der Waals surface area contributed by atoms with Gasteiger partial charge in [0.15, 0.2) is 0 Å². The van der Waals surface area contributed by atoms with E-state index in [-0.39, 0.29) is 108 Å². The van der Waals surface area contributed by atoms with Gasteiger partial charge in [-0.05, 0) is 196 Å². The van der Waals surface area contributed by atoms with Crippen LogP contribution in [0.2, 0.25) is 0 Å². The van der Waals surface area contributed by atoms with Crippen LogP contribution in [0.4, 0.5) is 0 Å². The molecule has 0 radical (unpaired) electrons. The zero-order valence-electron chi connectivity index (χ0n) is 50.0. The molecule has 9 aliphatic carbocycles. The summed E-state index contributed by atoms with van der Waals surface area (Å²) in [4.78, 5) is 67.7. The molecule has 1 spiro atoms. The molecule has 15 rings (SSSR count). The Labute approximate surface area is 514 Å². The first kappa shape index (κ1) is 58.8. The van der Waals surface area contributed by atoms with Gasteiger partial charge in [0.25, 0.3) is 11.8 Å². The molecule has 17 heteroatoms. The molecule has 9 bridgehead atoms. The second-order valence-electron chi connectivity index (χ2n) is 28.0. The quantitative estimate of drug-likeness (QED) is 0.0424. The van der Waals surface area contributed by atoms with Crippen LogP contribution in [0.1, 0.15) is 147 Å². The lowest BCUT2D eigenvalue weighted by Gasteiger charge is -2.58. The van der Waals surface area contributed by atoms with Gasteiger partial charge >= 0.3 is 11.9 Å². The standard InChI is InChI=1S/C69H88N6O9S2/c1-2-68(22-5-6-23-68)53-16-13-45-30-51-49-20-24-69(62(51)61-59(45)64(53)84-66(61)81)55-17-15-50(47-14-12-39-26-41(36-77)27-40(35-76)8-7-10-42(47)28-39)65(72-33-54(78)48-11-4-3-9-43(48)29-46-32-70-37-73-46)86-85-38-74-56-31-44(21-25-71-56)52(60(49)63(69)67(82)83-55)34-75-57(79)18-19-58(75)80/h17-19,21,31-32,37,39-43,45,47-52,54,62,65,71-72,74,76-78H,2-6,9-16,20,22-30,33-36,38H2,1H3,(H,70,73)/b55-17-/t39-,40+,41+,42-,43-,45-,47-,48+,49-,50+,51-,52+,54-,62+,65-,69-/m0/s1. The maximum absolute atomic E-state index is 15.8.